The Balaban J connectivity index is 1.62. The maximum atomic E-state index is 4.56. The monoisotopic (exact) mass is 376 g/mol. The number of aromatic nitrogens is 7. The fourth-order valence-electron chi connectivity index (χ4n) is 2.97. The predicted molar refractivity (Wildman–Crippen MR) is 89.1 cm³/mol. The Morgan fingerprint density at radius 2 is 2.22 bits per heavy atom. The van der Waals surface area contributed by atoms with Crippen LogP contribution in [-0.4, -0.2) is 40.6 Å². The fourth-order valence-corrected chi connectivity index (χ4v) is 3.57. The SMILES string of the molecule is CCc1nc2n(n1)CC(Nc1ncnc3c1c(Br)nn3C)CC2. The second-order valence-corrected chi connectivity index (χ2v) is 6.45. The van der Waals surface area contributed by atoms with Gasteiger partial charge in [0, 0.05) is 25.9 Å². The maximum absolute atomic E-state index is 4.56. The molecule has 120 valence electrons. The van der Waals surface area contributed by atoms with Crippen LogP contribution in [0.2, 0.25) is 0 Å². The van der Waals surface area contributed by atoms with Gasteiger partial charge in [-0.15, -0.1) is 0 Å². The Bertz CT molecular complexity index is 867. The molecule has 9 heteroatoms. The molecule has 0 aromatic carbocycles. The molecule has 8 nitrogen and oxygen atoms in total. The zero-order chi connectivity index (χ0) is 16.0. The van der Waals surface area contributed by atoms with Crippen LogP contribution in [0.4, 0.5) is 5.82 Å². The lowest BCUT2D eigenvalue weighted by atomic mass is 10.1. The Labute approximate surface area is 141 Å². The average molecular weight is 377 g/mol. The first kappa shape index (κ1) is 14.6. The van der Waals surface area contributed by atoms with Gasteiger partial charge in [-0.1, -0.05) is 6.92 Å². The number of hydrogen-bond donors (Lipinski definition) is 1. The van der Waals surface area contributed by atoms with Gasteiger partial charge in [0.2, 0.25) is 0 Å². The Hall–Kier alpha value is -2.03. The molecule has 3 aromatic rings. The minimum absolute atomic E-state index is 0.263. The Morgan fingerprint density at radius 1 is 1.35 bits per heavy atom. The van der Waals surface area contributed by atoms with Crippen molar-refractivity contribution in [2.75, 3.05) is 5.32 Å². The number of fused-ring (bicyclic) bond motifs is 2. The molecule has 1 atom stereocenters. The molecule has 0 amide bonds. The van der Waals surface area contributed by atoms with Crippen LogP contribution in [0.3, 0.4) is 0 Å². The van der Waals surface area contributed by atoms with Crippen LogP contribution in [0.1, 0.15) is 25.0 Å². The molecule has 1 N–H and O–H groups in total. The van der Waals surface area contributed by atoms with Gasteiger partial charge in [-0.05, 0) is 22.4 Å². The largest absolute Gasteiger partial charge is 0.365 e. The van der Waals surface area contributed by atoms with Crippen molar-refractivity contribution in [3.63, 3.8) is 0 Å². The number of aryl methyl sites for hydroxylation is 3. The molecule has 4 heterocycles. The van der Waals surface area contributed by atoms with Gasteiger partial charge >= 0.3 is 0 Å². The number of hydrogen-bond acceptors (Lipinski definition) is 6. The van der Waals surface area contributed by atoms with E-state index in [1.54, 1.807) is 11.0 Å². The van der Waals surface area contributed by atoms with E-state index in [1.807, 2.05) is 11.7 Å². The maximum Gasteiger partial charge on any atom is 0.164 e. The lowest BCUT2D eigenvalue weighted by molar-refractivity contribution is 0.440. The summed E-state index contributed by atoms with van der Waals surface area (Å²) in [7, 11) is 1.87. The number of halogens is 1. The zero-order valence-corrected chi connectivity index (χ0v) is 14.6. The molecule has 0 bridgehead atoms. The van der Waals surface area contributed by atoms with Gasteiger partial charge in [-0.25, -0.2) is 24.3 Å². The van der Waals surface area contributed by atoms with Gasteiger partial charge in [-0.2, -0.15) is 10.2 Å². The number of nitrogens with one attached hydrogen (secondary N) is 1. The molecule has 1 aliphatic heterocycles. The molecule has 0 spiro atoms. The van der Waals surface area contributed by atoms with Crippen molar-refractivity contribution in [1.29, 1.82) is 0 Å². The molecular formula is C14H17BrN8. The van der Waals surface area contributed by atoms with Crippen LogP contribution in [0.5, 0.6) is 0 Å². The minimum Gasteiger partial charge on any atom is -0.365 e. The molecule has 1 aliphatic rings. The molecule has 0 aliphatic carbocycles. The predicted octanol–water partition coefficient (Wildman–Crippen LogP) is 1.71. The first-order valence-corrected chi connectivity index (χ1v) is 8.47. The van der Waals surface area contributed by atoms with Gasteiger partial charge in [0.25, 0.3) is 0 Å². The molecule has 4 rings (SSSR count). The molecule has 0 radical (unpaired) electrons. The van der Waals surface area contributed by atoms with Crippen LogP contribution in [0, 0.1) is 0 Å². The Morgan fingerprint density at radius 3 is 3.04 bits per heavy atom. The quantitative estimate of drug-likeness (QED) is 0.748. The van der Waals surface area contributed by atoms with Crippen molar-refractivity contribution >= 4 is 32.8 Å². The first-order valence-electron chi connectivity index (χ1n) is 7.68. The summed E-state index contributed by atoms with van der Waals surface area (Å²) in [6.07, 6.45) is 4.36. The van der Waals surface area contributed by atoms with Gasteiger partial charge in [0.1, 0.15) is 22.6 Å². The topological polar surface area (TPSA) is 86.3 Å². The summed E-state index contributed by atoms with van der Waals surface area (Å²) in [6, 6.07) is 0.263. The summed E-state index contributed by atoms with van der Waals surface area (Å²) in [4.78, 5) is 13.3. The highest BCUT2D eigenvalue weighted by atomic mass is 79.9. The van der Waals surface area contributed by atoms with Gasteiger partial charge in [-0.3, -0.25) is 0 Å². The highest BCUT2D eigenvalue weighted by Crippen LogP contribution is 2.28. The first-order chi connectivity index (χ1) is 11.2. The van der Waals surface area contributed by atoms with Crippen molar-refractivity contribution in [2.45, 2.75) is 38.8 Å². The minimum atomic E-state index is 0.263. The van der Waals surface area contributed by atoms with Gasteiger partial charge in [0.05, 0.1) is 11.9 Å². The summed E-state index contributed by atoms with van der Waals surface area (Å²) in [5.74, 6) is 2.80. The van der Waals surface area contributed by atoms with Crippen LogP contribution < -0.4 is 5.32 Å². The number of rotatable bonds is 3. The van der Waals surface area contributed by atoms with E-state index in [9.17, 15) is 0 Å². The van der Waals surface area contributed by atoms with E-state index in [4.69, 9.17) is 0 Å². The molecule has 3 aromatic heterocycles. The lowest BCUT2D eigenvalue weighted by Crippen LogP contribution is -2.32. The van der Waals surface area contributed by atoms with Crippen molar-refractivity contribution in [1.82, 2.24) is 34.5 Å². The second-order valence-electron chi connectivity index (χ2n) is 5.70. The van der Waals surface area contributed by atoms with Crippen molar-refractivity contribution in [3.8, 4) is 0 Å². The van der Waals surface area contributed by atoms with Gasteiger partial charge in [0.15, 0.2) is 11.5 Å². The zero-order valence-electron chi connectivity index (χ0n) is 13.0. The molecule has 0 fully saturated rings. The van der Waals surface area contributed by atoms with Crippen molar-refractivity contribution in [2.24, 2.45) is 7.05 Å². The third-order valence-corrected chi connectivity index (χ3v) is 4.69. The molecule has 0 saturated heterocycles. The highest BCUT2D eigenvalue weighted by molar-refractivity contribution is 9.10. The van der Waals surface area contributed by atoms with Crippen LogP contribution in [0.15, 0.2) is 10.9 Å². The Kier molecular flexibility index (Phi) is 3.51. The summed E-state index contributed by atoms with van der Waals surface area (Å²) in [5, 5.41) is 13.3. The smallest absolute Gasteiger partial charge is 0.164 e. The summed E-state index contributed by atoms with van der Waals surface area (Å²) in [6.45, 7) is 2.88. The normalized spacial score (nSPS) is 17.4. The lowest BCUT2D eigenvalue weighted by Gasteiger charge is -2.24. The molecular weight excluding hydrogens is 360 g/mol. The van der Waals surface area contributed by atoms with E-state index >= 15 is 0 Å². The van der Waals surface area contributed by atoms with Crippen molar-refractivity contribution < 1.29 is 0 Å². The van der Waals surface area contributed by atoms with E-state index in [1.165, 1.54) is 0 Å². The van der Waals surface area contributed by atoms with Crippen LogP contribution >= 0.6 is 15.9 Å². The molecule has 1 unspecified atom stereocenters. The van der Waals surface area contributed by atoms with E-state index in [2.05, 4.69) is 53.3 Å². The number of nitrogens with zero attached hydrogens (tertiary/aromatic N) is 7. The van der Waals surface area contributed by atoms with E-state index in [0.717, 1.165) is 58.9 Å². The summed E-state index contributed by atoms with van der Waals surface area (Å²) < 4.78 is 4.51. The molecule has 23 heavy (non-hydrogen) atoms. The van der Waals surface area contributed by atoms with Gasteiger partial charge < -0.3 is 5.32 Å². The summed E-state index contributed by atoms with van der Waals surface area (Å²) in [5.41, 5.74) is 0.805. The number of anilines is 1. The molecule has 0 saturated carbocycles. The van der Waals surface area contributed by atoms with E-state index in [-0.39, 0.29) is 6.04 Å². The van der Waals surface area contributed by atoms with Crippen LogP contribution in [0.25, 0.3) is 11.0 Å². The fraction of sp³-hybridized carbons (Fsp3) is 0.500. The standard InChI is InChI=1S/C14H17BrN8/c1-3-9-19-10-5-4-8(6-23(10)20-9)18-13-11-12(15)21-22(2)14(11)17-7-16-13/h7-8H,3-6H2,1-2H3,(H,16,17,18). The second kappa shape index (κ2) is 5.55. The van der Waals surface area contributed by atoms with Crippen molar-refractivity contribution in [3.05, 3.63) is 22.6 Å². The third kappa shape index (κ3) is 2.48. The highest BCUT2D eigenvalue weighted by Gasteiger charge is 2.23. The third-order valence-electron chi connectivity index (χ3n) is 4.14. The van der Waals surface area contributed by atoms with E-state index in [0.29, 0.717) is 0 Å². The average Bonchev–Trinajstić information content (AvgIpc) is 3.08. The van der Waals surface area contributed by atoms with Crippen LogP contribution in [-0.2, 0) is 26.4 Å². The summed E-state index contributed by atoms with van der Waals surface area (Å²) >= 11 is 3.49. The van der Waals surface area contributed by atoms with E-state index < -0.39 is 0 Å².